The Morgan fingerprint density at radius 3 is 2.60 bits per heavy atom. The van der Waals surface area contributed by atoms with Crippen LogP contribution in [0.2, 0.25) is 0 Å². The highest BCUT2D eigenvalue weighted by Crippen LogP contribution is 2.59. The molecule has 0 amide bonds. The molecule has 0 aliphatic heterocycles. The van der Waals surface area contributed by atoms with Crippen LogP contribution in [0.1, 0.15) is 71.6 Å². The van der Waals surface area contributed by atoms with Crippen LogP contribution in [0, 0.1) is 29.1 Å². The minimum atomic E-state index is -0.621. The molecule has 0 radical (unpaired) electrons. The molecule has 0 heterocycles. The van der Waals surface area contributed by atoms with Crippen LogP contribution in [0.4, 0.5) is 0 Å². The fourth-order valence-electron chi connectivity index (χ4n) is 6.63. The summed E-state index contributed by atoms with van der Waals surface area (Å²) in [6.07, 6.45) is 16.9. The summed E-state index contributed by atoms with van der Waals surface area (Å²) in [7, 11) is 0. The average molecular weight is 413 g/mol. The van der Waals surface area contributed by atoms with E-state index in [0.29, 0.717) is 41.9 Å². The molecule has 0 saturated heterocycles. The first-order valence-corrected chi connectivity index (χ1v) is 12.1. The molecule has 0 unspecified atom stereocenters. The van der Waals surface area contributed by atoms with Crippen molar-refractivity contribution in [2.45, 2.75) is 89.9 Å². The molecule has 0 spiro atoms. The zero-order chi connectivity index (χ0) is 21.5. The van der Waals surface area contributed by atoms with Gasteiger partial charge in [-0.05, 0) is 91.6 Å². The molecule has 0 aromatic carbocycles. The number of hydrogen-bond donors (Lipinski definition) is 3. The molecule has 0 aromatic rings. The van der Waals surface area contributed by atoms with E-state index in [0.717, 1.165) is 17.6 Å². The Balaban J connectivity index is 1.48. The zero-order valence-corrected chi connectivity index (χ0v) is 18.8. The van der Waals surface area contributed by atoms with E-state index in [2.05, 4.69) is 44.7 Å². The topological polar surface area (TPSA) is 60.7 Å². The van der Waals surface area contributed by atoms with Crippen LogP contribution in [0.5, 0.6) is 0 Å². The van der Waals surface area contributed by atoms with Crippen molar-refractivity contribution >= 4 is 0 Å². The van der Waals surface area contributed by atoms with Crippen molar-refractivity contribution in [2.24, 2.45) is 29.1 Å². The number of fused-ring (bicyclic) bond motifs is 1. The largest absolute Gasteiger partial charge is 0.393 e. The van der Waals surface area contributed by atoms with Crippen LogP contribution in [0.3, 0.4) is 0 Å². The standard InChI is InChI=1S/C27H40O3/c1-17(6-13-25(29)20-8-9-20)23-11-12-24-19(5-4-14-27(23,24)3)7-10-21-15-22(28)16-26(30)18(21)2/h6-7,10,13,17,20,22-26,28-30H,2,4-5,8-9,11-12,14-16H2,1,3H3/b13-6+,19-7+,21-10?/t17-,22-,23-,24+,25+,26+,27-/m1/s1. The van der Waals surface area contributed by atoms with Gasteiger partial charge in [-0.15, -0.1) is 0 Å². The van der Waals surface area contributed by atoms with Crippen molar-refractivity contribution in [3.05, 3.63) is 47.6 Å². The first-order chi connectivity index (χ1) is 14.3. The van der Waals surface area contributed by atoms with Crippen molar-refractivity contribution in [2.75, 3.05) is 0 Å². The van der Waals surface area contributed by atoms with Gasteiger partial charge in [0.15, 0.2) is 0 Å². The van der Waals surface area contributed by atoms with Crippen molar-refractivity contribution in [1.29, 1.82) is 0 Å². The van der Waals surface area contributed by atoms with Gasteiger partial charge in [0.1, 0.15) is 0 Å². The highest BCUT2D eigenvalue weighted by Gasteiger charge is 2.50. The number of rotatable bonds is 5. The van der Waals surface area contributed by atoms with E-state index in [1.807, 2.05) is 0 Å². The summed E-state index contributed by atoms with van der Waals surface area (Å²) in [6, 6.07) is 0. The van der Waals surface area contributed by atoms with Crippen LogP contribution in [-0.2, 0) is 0 Å². The van der Waals surface area contributed by atoms with Crippen molar-refractivity contribution in [3.63, 3.8) is 0 Å². The number of aliphatic hydroxyl groups is 3. The lowest BCUT2D eigenvalue weighted by Gasteiger charge is -2.44. The third kappa shape index (κ3) is 4.40. The minimum Gasteiger partial charge on any atom is -0.393 e. The Bertz CT molecular complexity index is 743. The second-order valence-corrected chi connectivity index (χ2v) is 10.7. The second-order valence-electron chi connectivity index (χ2n) is 10.7. The fraction of sp³-hybridized carbons (Fsp3) is 0.704. The van der Waals surface area contributed by atoms with E-state index < -0.39 is 12.2 Å². The molecule has 30 heavy (non-hydrogen) atoms. The van der Waals surface area contributed by atoms with Crippen LogP contribution in [0.15, 0.2) is 47.6 Å². The van der Waals surface area contributed by atoms with Gasteiger partial charge in [0.2, 0.25) is 0 Å². The molecular weight excluding hydrogens is 372 g/mol. The number of allylic oxidation sites excluding steroid dienone is 4. The molecule has 0 aromatic heterocycles. The van der Waals surface area contributed by atoms with Crippen molar-refractivity contribution in [3.8, 4) is 0 Å². The maximum Gasteiger partial charge on any atom is 0.0811 e. The van der Waals surface area contributed by atoms with Crippen molar-refractivity contribution < 1.29 is 15.3 Å². The van der Waals surface area contributed by atoms with Crippen molar-refractivity contribution in [1.82, 2.24) is 0 Å². The fourth-order valence-corrected chi connectivity index (χ4v) is 6.63. The lowest BCUT2D eigenvalue weighted by molar-refractivity contribution is 0.0862. The molecule has 0 bridgehead atoms. The third-order valence-corrected chi connectivity index (χ3v) is 8.65. The monoisotopic (exact) mass is 412 g/mol. The average Bonchev–Trinajstić information content (AvgIpc) is 3.49. The molecule has 166 valence electrons. The van der Waals surface area contributed by atoms with Gasteiger partial charge in [-0.1, -0.05) is 50.3 Å². The molecule has 4 rings (SSSR count). The van der Waals surface area contributed by atoms with E-state index in [4.69, 9.17) is 0 Å². The van der Waals surface area contributed by atoms with E-state index >= 15 is 0 Å². The molecule has 3 N–H and O–H groups in total. The first kappa shape index (κ1) is 22.0. The Hall–Kier alpha value is -1.16. The molecule has 4 aliphatic rings. The molecule has 3 nitrogen and oxygen atoms in total. The zero-order valence-electron chi connectivity index (χ0n) is 18.8. The highest BCUT2D eigenvalue weighted by atomic mass is 16.3. The van der Waals surface area contributed by atoms with Gasteiger partial charge >= 0.3 is 0 Å². The van der Waals surface area contributed by atoms with Crippen LogP contribution in [-0.4, -0.2) is 33.6 Å². The Morgan fingerprint density at radius 2 is 1.87 bits per heavy atom. The maximum atomic E-state index is 10.2. The molecular formula is C27H40O3. The van der Waals surface area contributed by atoms with E-state index in [1.54, 1.807) is 0 Å². The third-order valence-electron chi connectivity index (χ3n) is 8.65. The van der Waals surface area contributed by atoms with Gasteiger partial charge in [0.25, 0.3) is 0 Å². The summed E-state index contributed by atoms with van der Waals surface area (Å²) < 4.78 is 0. The van der Waals surface area contributed by atoms with Crippen LogP contribution in [0.25, 0.3) is 0 Å². The van der Waals surface area contributed by atoms with Gasteiger partial charge in [-0.3, -0.25) is 0 Å². The van der Waals surface area contributed by atoms with Crippen LogP contribution < -0.4 is 0 Å². The number of aliphatic hydroxyl groups excluding tert-OH is 3. The van der Waals surface area contributed by atoms with Gasteiger partial charge in [0.05, 0.1) is 18.3 Å². The lowest BCUT2D eigenvalue weighted by atomic mass is 9.61. The summed E-state index contributed by atoms with van der Waals surface area (Å²) in [4.78, 5) is 0. The predicted octanol–water partition coefficient (Wildman–Crippen LogP) is 5.09. The SMILES string of the molecule is C=C1C(=C/C=C2\CCC[C@]3(C)[C@@H]([C@H](C)/C=C/[C@H](O)C4CC4)CC[C@@H]23)C[C@@H](O)C[C@@H]1O. The quantitative estimate of drug-likeness (QED) is 0.551. The maximum absolute atomic E-state index is 10.2. The van der Waals surface area contributed by atoms with Gasteiger partial charge in [-0.2, -0.15) is 0 Å². The smallest absolute Gasteiger partial charge is 0.0811 e. The summed E-state index contributed by atoms with van der Waals surface area (Å²) in [6.45, 7) is 8.88. The van der Waals surface area contributed by atoms with Crippen LogP contribution >= 0.6 is 0 Å². The molecule has 4 saturated carbocycles. The van der Waals surface area contributed by atoms with E-state index in [9.17, 15) is 15.3 Å². The summed E-state index contributed by atoms with van der Waals surface area (Å²) in [5.41, 5.74) is 3.63. The molecule has 7 atom stereocenters. The Kier molecular flexibility index (Phi) is 6.44. The normalized spacial score (nSPS) is 42.1. The summed E-state index contributed by atoms with van der Waals surface area (Å²) in [5.74, 6) is 2.28. The van der Waals surface area contributed by atoms with E-state index in [1.165, 1.54) is 44.1 Å². The summed E-state index contributed by atoms with van der Waals surface area (Å²) in [5, 5.41) is 30.4. The molecule has 4 fully saturated rings. The molecule has 4 aliphatic carbocycles. The second kappa shape index (κ2) is 8.76. The Morgan fingerprint density at radius 1 is 1.10 bits per heavy atom. The van der Waals surface area contributed by atoms with Gasteiger partial charge < -0.3 is 15.3 Å². The summed E-state index contributed by atoms with van der Waals surface area (Å²) >= 11 is 0. The van der Waals surface area contributed by atoms with Gasteiger partial charge in [-0.25, -0.2) is 0 Å². The highest BCUT2D eigenvalue weighted by molar-refractivity contribution is 5.38. The minimum absolute atomic E-state index is 0.250. The predicted molar refractivity (Wildman–Crippen MR) is 122 cm³/mol. The van der Waals surface area contributed by atoms with E-state index in [-0.39, 0.29) is 6.10 Å². The molecule has 3 heteroatoms. The first-order valence-electron chi connectivity index (χ1n) is 12.1. The lowest BCUT2D eigenvalue weighted by Crippen LogP contribution is -2.35. The Labute approximate surface area is 182 Å². The number of hydrogen-bond acceptors (Lipinski definition) is 3. The van der Waals surface area contributed by atoms with Gasteiger partial charge in [0, 0.05) is 6.42 Å².